The van der Waals surface area contributed by atoms with Crippen LogP contribution in [0, 0.1) is 5.82 Å². The van der Waals surface area contributed by atoms with Crippen molar-refractivity contribution < 1.29 is 18.7 Å². The maximum atomic E-state index is 13.6. The second-order valence-electron chi connectivity index (χ2n) is 7.06. The molecule has 0 saturated heterocycles. The van der Waals surface area contributed by atoms with Gasteiger partial charge in [-0.2, -0.15) is 0 Å². The Bertz CT molecular complexity index is 1270. The van der Waals surface area contributed by atoms with Crippen LogP contribution in [-0.2, 0) is 4.79 Å². The number of anilines is 1. The third-order valence-electron chi connectivity index (χ3n) is 4.79. The van der Waals surface area contributed by atoms with E-state index in [-0.39, 0.29) is 17.5 Å². The van der Waals surface area contributed by atoms with Gasteiger partial charge in [0.15, 0.2) is 11.0 Å². The van der Waals surface area contributed by atoms with Gasteiger partial charge in [0.2, 0.25) is 5.91 Å². The summed E-state index contributed by atoms with van der Waals surface area (Å²) in [6, 6.07) is 18.1. The van der Waals surface area contributed by atoms with E-state index in [1.54, 1.807) is 73.4 Å². The third-order valence-corrected chi connectivity index (χ3v) is 5.97. The lowest BCUT2D eigenvalue weighted by Crippen LogP contribution is -2.14. The zero-order valence-corrected chi connectivity index (χ0v) is 19.9. The van der Waals surface area contributed by atoms with Crippen molar-refractivity contribution in [2.75, 3.05) is 25.3 Å². The first-order valence-electron chi connectivity index (χ1n) is 10.1. The van der Waals surface area contributed by atoms with Crippen LogP contribution >= 0.6 is 23.4 Å². The van der Waals surface area contributed by atoms with E-state index in [1.165, 1.54) is 23.9 Å². The number of nitrogens with zero attached hydrogens (tertiary/aromatic N) is 3. The summed E-state index contributed by atoms with van der Waals surface area (Å²) in [7, 11) is 3.12. The van der Waals surface area contributed by atoms with E-state index in [0.717, 1.165) is 0 Å². The topological polar surface area (TPSA) is 78.3 Å². The fraction of sp³-hybridized carbons (Fsp3) is 0.125. The van der Waals surface area contributed by atoms with Gasteiger partial charge in [-0.15, -0.1) is 10.2 Å². The predicted molar refractivity (Wildman–Crippen MR) is 131 cm³/mol. The quantitative estimate of drug-likeness (QED) is 0.324. The Balaban J connectivity index is 1.65. The lowest BCUT2D eigenvalue weighted by atomic mass is 10.2. The van der Waals surface area contributed by atoms with Crippen LogP contribution in [0.1, 0.15) is 0 Å². The minimum absolute atomic E-state index is 0.0867. The number of benzene rings is 3. The van der Waals surface area contributed by atoms with Gasteiger partial charge in [-0.05, 0) is 60.7 Å². The van der Waals surface area contributed by atoms with Gasteiger partial charge in [0.05, 0.1) is 20.0 Å². The Hall–Kier alpha value is -3.56. The molecule has 4 rings (SSSR count). The Kier molecular flexibility index (Phi) is 7.34. The fourth-order valence-electron chi connectivity index (χ4n) is 3.17. The maximum Gasteiger partial charge on any atom is 0.234 e. The number of hydrogen-bond donors (Lipinski definition) is 1. The van der Waals surface area contributed by atoms with Gasteiger partial charge in [0.25, 0.3) is 0 Å². The summed E-state index contributed by atoms with van der Waals surface area (Å²) in [5.41, 5.74) is 1.97. The number of ether oxygens (including phenoxy) is 2. The molecule has 0 aliphatic carbocycles. The molecule has 7 nitrogen and oxygen atoms in total. The number of carbonyl (C=O) groups is 1. The van der Waals surface area contributed by atoms with Crippen molar-refractivity contribution in [1.29, 1.82) is 0 Å². The highest BCUT2D eigenvalue weighted by Crippen LogP contribution is 2.33. The molecule has 1 N–H and O–H groups in total. The van der Waals surface area contributed by atoms with Crippen molar-refractivity contribution in [3.8, 4) is 28.6 Å². The summed E-state index contributed by atoms with van der Waals surface area (Å²) < 4.78 is 26.1. The molecule has 10 heteroatoms. The van der Waals surface area contributed by atoms with Crippen LogP contribution in [0.4, 0.5) is 10.1 Å². The molecule has 1 aromatic heterocycles. The first-order chi connectivity index (χ1) is 16.5. The molecule has 34 heavy (non-hydrogen) atoms. The number of methoxy groups -OCH3 is 2. The van der Waals surface area contributed by atoms with E-state index >= 15 is 0 Å². The van der Waals surface area contributed by atoms with Crippen molar-refractivity contribution in [3.05, 3.63) is 77.6 Å². The molecule has 174 valence electrons. The normalized spacial score (nSPS) is 10.7. The van der Waals surface area contributed by atoms with Gasteiger partial charge in [-0.1, -0.05) is 23.4 Å². The molecule has 1 heterocycles. The summed E-state index contributed by atoms with van der Waals surface area (Å²) in [5, 5.41) is 12.5. The number of aromatic nitrogens is 3. The van der Waals surface area contributed by atoms with Crippen LogP contribution in [0.25, 0.3) is 17.1 Å². The van der Waals surface area contributed by atoms with Crippen LogP contribution in [0.5, 0.6) is 11.5 Å². The molecule has 0 radical (unpaired) electrons. The molecule has 0 fully saturated rings. The number of hydrogen-bond acceptors (Lipinski definition) is 6. The number of rotatable bonds is 8. The maximum absolute atomic E-state index is 13.6. The molecule has 3 aromatic carbocycles. The molecule has 0 bridgehead atoms. The lowest BCUT2D eigenvalue weighted by molar-refractivity contribution is -0.113. The molecule has 4 aromatic rings. The number of carbonyl (C=O) groups excluding carboxylic acids is 1. The molecular formula is C24H20ClFN4O3S. The third kappa shape index (κ3) is 5.49. The second-order valence-corrected chi connectivity index (χ2v) is 8.44. The number of amides is 1. The highest BCUT2D eigenvalue weighted by atomic mass is 35.5. The highest BCUT2D eigenvalue weighted by molar-refractivity contribution is 7.99. The van der Waals surface area contributed by atoms with E-state index in [0.29, 0.717) is 44.4 Å². The van der Waals surface area contributed by atoms with Gasteiger partial charge in [-0.3, -0.25) is 9.36 Å². The zero-order chi connectivity index (χ0) is 24.1. The number of thioether (sulfide) groups is 1. The summed E-state index contributed by atoms with van der Waals surface area (Å²) in [6.45, 7) is 0. The monoisotopic (exact) mass is 498 g/mol. The highest BCUT2D eigenvalue weighted by Gasteiger charge is 2.19. The van der Waals surface area contributed by atoms with Crippen LogP contribution in [-0.4, -0.2) is 40.6 Å². The van der Waals surface area contributed by atoms with Gasteiger partial charge in [0.1, 0.15) is 17.3 Å². The van der Waals surface area contributed by atoms with Crippen molar-refractivity contribution in [3.63, 3.8) is 0 Å². The minimum Gasteiger partial charge on any atom is -0.497 e. The summed E-state index contributed by atoms with van der Waals surface area (Å²) in [4.78, 5) is 12.5. The smallest absolute Gasteiger partial charge is 0.234 e. The zero-order valence-electron chi connectivity index (χ0n) is 18.3. The Labute approximate surface area is 204 Å². The average molecular weight is 499 g/mol. The molecule has 0 saturated carbocycles. The van der Waals surface area contributed by atoms with Gasteiger partial charge >= 0.3 is 0 Å². The molecular weight excluding hydrogens is 479 g/mol. The summed E-state index contributed by atoms with van der Waals surface area (Å²) >= 11 is 7.10. The van der Waals surface area contributed by atoms with Crippen LogP contribution in [0.15, 0.2) is 71.9 Å². The first kappa shape index (κ1) is 23.6. The van der Waals surface area contributed by atoms with E-state index in [1.807, 2.05) is 0 Å². The van der Waals surface area contributed by atoms with E-state index in [2.05, 4.69) is 15.5 Å². The van der Waals surface area contributed by atoms with Gasteiger partial charge in [0, 0.05) is 28.0 Å². The SMILES string of the molecule is COc1cc(OC)cc(-c2nnc(SCC(=O)Nc3ccc(Cl)cc3)n2-c2ccc(F)cc2)c1. The van der Waals surface area contributed by atoms with Gasteiger partial charge in [-0.25, -0.2) is 4.39 Å². The van der Waals surface area contributed by atoms with E-state index < -0.39 is 0 Å². The molecule has 1 amide bonds. The molecule has 0 aliphatic rings. The molecule has 0 aliphatic heterocycles. The van der Waals surface area contributed by atoms with Crippen molar-refractivity contribution in [1.82, 2.24) is 14.8 Å². The number of nitrogens with one attached hydrogen (secondary N) is 1. The van der Waals surface area contributed by atoms with Crippen LogP contribution in [0.3, 0.4) is 0 Å². The largest absolute Gasteiger partial charge is 0.497 e. The van der Waals surface area contributed by atoms with Crippen LogP contribution in [0.2, 0.25) is 5.02 Å². The van der Waals surface area contributed by atoms with E-state index in [4.69, 9.17) is 21.1 Å². The Morgan fingerprint density at radius 2 is 1.65 bits per heavy atom. The van der Waals surface area contributed by atoms with E-state index in [9.17, 15) is 9.18 Å². The first-order valence-corrected chi connectivity index (χ1v) is 11.5. The fourth-order valence-corrected chi connectivity index (χ4v) is 4.05. The van der Waals surface area contributed by atoms with Crippen molar-refractivity contribution in [2.45, 2.75) is 5.16 Å². The average Bonchev–Trinajstić information content (AvgIpc) is 3.28. The van der Waals surface area contributed by atoms with Crippen molar-refractivity contribution in [2.24, 2.45) is 0 Å². The summed E-state index contributed by atoms with van der Waals surface area (Å²) in [5.74, 6) is 1.16. The Morgan fingerprint density at radius 1 is 1.00 bits per heavy atom. The Morgan fingerprint density at radius 3 is 2.26 bits per heavy atom. The molecule has 0 atom stereocenters. The van der Waals surface area contributed by atoms with Crippen molar-refractivity contribution >= 4 is 35.0 Å². The summed E-state index contributed by atoms with van der Waals surface area (Å²) in [6.07, 6.45) is 0. The molecule has 0 unspecified atom stereocenters. The number of halogens is 2. The minimum atomic E-state index is -0.363. The lowest BCUT2D eigenvalue weighted by Gasteiger charge is -2.12. The van der Waals surface area contributed by atoms with Crippen LogP contribution < -0.4 is 14.8 Å². The second kappa shape index (κ2) is 10.6. The standard InChI is InChI=1S/C24H20ClFN4O3S/c1-32-20-11-15(12-21(13-20)33-2)23-28-29-24(30(23)19-9-5-17(26)6-10-19)34-14-22(31)27-18-7-3-16(25)4-8-18/h3-13H,14H2,1-2H3,(H,27,31). The predicted octanol–water partition coefficient (Wildman–Crippen LogP) is 5.47. The van der Waals surface area contributed by atoms with Gasteiger partial charge < -0.3 is 14.8 Å². The molecule has 0 spiro atoms.